The molecule has 0 bridgehead atoms. The van der Waals surface area contributed by atoms with Crippen LogP contribution in [0.5, 0.6) is 11.5 Å². The van der Waals surface area contributed by atoms with Crippen LogP contribution in [0.3, 0.4) is 0 Å². The monoisotopic (exact) mass is 362 g/mol. The third-order valence-corrected chi connectivity index (χ3v) is 5.20. The lowest BCUT2D eigenvalue weighted by atomic mass is 9.82. The third-order valence-electron chi connectivity index (χ3n) is 5.20. The van der Waals surface area contributed by atoms with E-state index in [2.05, 4.69) is 24.2 Å². The van der Waals surface area contributed by atoms with Crippen molar-refractivity contribution in [3.63, 3.8) is 0 Å². The summed E-state index contributed by atoms with van der Waals surface area (Å²) in [6, 6.07) is 13.9. The fourth-order valence-corrected chi connectivity index (χ4v) is 3.73. The van der Waals surface area contributed by atoms with E-state index in [0.29, 0.717) is 6.42 Å². The normalized spacial score (nSPS) is 16.1. The summed E-state index contributed by atoms with van der Waals surface area (Å²) in [5.74, 6) is 1.66. The van der Waals surface area contributed by atoms with Crippen molar-refractivity contribution in [1.82, 2.24) is 9.78 Å². The molecule has 1 aromatic heterocycles. The highest BCUT2D eigenvalue weighted by Gasteiger charge is 2.31. The van der Waals surface area contributed by atoms with Gasteiger partial charge in [0.15, 0.2) is 5.78 Å². The van der Waals surface area contributed by atoms with E-state index in [9.17, 15) is 4.79 Å². The summed E-state index contributed by atoms with van der Waals surface area (Å²) in [6.07, 6.45) is 2.88. The molecular formula is C22H22N2O3. The molecule has 0 fully saturated rings. The molecule has 0 saturated carbocycles. The molecule has 5 nitrogen and oxygen atoms in total. The zero-order chi connectivity index (χ0) is 19.0. The second-order valence-electron chi connectivity index (χ2n) is 6.89. The van der Waals surface area contributed by atoms with Crippen LogP contribution < -0.4 is 9.47 Å². The van der Waals surface area contributed by atoms with Gasteiger partial charge in [-0.3, -0.25) is 4.79 Å². The van der Waals surface area contributed by atoms with Gasteiger partial charge in [-0.1, -0.05) is 23.8 Å². The van der Waals surface area contributed by atoms with Crippen LogP contribution in [-0.2, 0) is 6.42 Å². The van der Waals surface area contributed by atoms with Crippen molar-refractivity contribution in [2.24, 2.45) is 0 Å². The third kappa shape index (κ3) is 3.10. The van der Waals surface area contributed by atoms with E-state index >= 15 is 0 Å². The minimum atomic E-state index is 0.0479. The van der Waals surface area contributed by atoms with Gasteiger partial charge in [0.2, 0.25) is 0 Å². The smallest absolute Gasteiger partial charge is 0.166 e. The summed E-state index contributed by atoms with van der Waals surface area (Å²) >= 11 is 0. The second kappa shape index (κ2) is 6.91. The Hall–Kier alpha value is -3.08. The number of Topliss-reactive ketones (excluding diaryl/α,β-unsaturated/α-hetero) is 1. The highest BCUT2D eigenvalue weighted by atomic mass is 16.5. The number of fused-ring (bicyclic) bond motifs is 1. The number of ketones is 1. The van der Waals surface area contributed by atoms with E-state index in [1.807, 2.05) is 35.0 Å². The first-order chi connectivity index (χ1) is 13.1. The SMILES string of the molecule is COc1ccc(C2CC(=O)c3cnn(-c4ccc(C)cc4)c3C2)c(OC)c1. The minimum Gasteiger partial charge on any atom is -0.497 e. The quantitative estimate of drug-likeness (QED) is 0.701. The maximum atomic E-state index is 12.8. The lowest BCUT2D eigenvalue weighted by Gasteiger charge is -2.24. The van der Waals surface area contributed by atoms with Gasteiger partial charge in [0, 0.05) is 18.4 Å². The number of aromatic nitrogens is 2. The Bertz CT molecular complexity index is 989. The van der Waals surface area contributed by atoms with Crippen LogP contribution in [0.25, 0.3) is 5.69 Å². The summed E-state index contributed by atoms with van der Waals surface area (Å²) in [4.78, 5) is 12.8. The van der Waals surface area contributed by atoms with Gasteiger partial charge < -0.3 is 9.47 Å². The van der Waals surface area contributed by atoms with Crippen LogP contribution in [0, 0.1) is 6.92 Å². The van der Waals surface area contributed by atoms with Crippen molar-refractivity contribution in [2.45, 2.75) is 25.7 Å². The van der Waals surface area contributed by atoms with E-state index in [1.165, 1.54) is 5.56 Å². The average Bonchev–Trinajstić information content (AvgIpc) is 3.12. The van der Waals surface area contributed by atoms with Crippen molar-refractivity contribution in [1.29, 1.82) is 0 Å². The van der Waals surface area contributed by atoms with Crippen molar-refractivity contribution >= 4 is 5.78 Å². The molecule has 0 N–H and O–H groups in total. The standard InChI is InChI=1S/C22H22N2O3/c1-14-4-6-16(7-5-14)24-20-10-15(11-21(25)19(20)13-23-24)18-9-8-17(26-2)12-22(18)27-3/h4-9,12-13,15H,10-11H2,1-3H3. The molecule has 1 heterocycles. The summed E-state index contributed by atoms with van der Waals surface area (Å²) in [6.45, 7) is 2.05. The van der Waals surface area contributed by atoms with Crippen LogP contribution in [0.1, 0.15) is 39.5 Å². The van der Waals surface area contributed by atoms with Gasteiger partial charge in [0.1, 0.15) is 11.5 Å². The Kier molecular flexibility index (Phi) is 4.44. The molecule has 2 aromatic carbocycles. The molecule has 0 amide bonds. The first-order valence-electron chi connectivity index (χ1n) is 8.99. The molecule has 1 unspecified atom stereocenters. The molecule has 27 heavy (non-hydrogen) atoms. The molecule has 1 atom stereocenters. The number of carbonyl (C=O) groups is 1. The van der Waals surface area contributed by atoms with Gasteiger partial charge in [0.05, 0.1) is 37.4 Å². The van der Waals surface area contributed by atoms with Gasteiger partial charge in [-0.15, -0.1) is 0 Å². The summed E-state index contributed by atoms with van der Waals surface area (Å²) in [5.41, 5.74) is 4.86. The van der Waals surface area contributed by atoms with Crippen molar-refractivity contribution in [2.75, 3.05) is 14.2 Å². The summed E-state index contributed by atoms with van der Waals surface area (Å²) in [5, 5.41) is 4.49. The highest BCUT2D eigenvalue weighted by Crippen LogP contribution is 2.39. The molecule has 1 aliphatic carbocycles. The summed E-state index contributed by atoms with van der Waals surface area (Å²) < 4.78 is 12.7. The number of hydrogen-bond donors (Lipinski definition) is 0. The first-order valence-corrected chi connectivity index (χ1v) is 8.99. The number of rotatable bonds is 4. The van der Waals surface area contributed by atoms with E-state index in [0.717, 1.165) is 40.4 Å². The van der Waals surface area contributed by atoms with Crippen LogP contribution in [0.4, 0.5) is 0 Å². The van der Waals surface area contributed by atoms with Crippen LogP contribution in [0.2, 0.25) is 0 Å². The Balaban J connectivity index is 1.74. The number of hydrogen-bond acceptors (Lipinski definition) is 4. The zero-order valence-corrected chi connectivity index (χ0v) is 15.7. The fraction of sp³-hybridized carbons (Fsp3) is 0.273. The predicted octanol–water partition coefficient (Wildman–Crippen LogP) is 4.11. The molecule has 138 valence electrons. The van der Waals surface area contributed by atoms with E-state index in [1.54, 1.807) is 20.4 Å². The van der Waals surface area contributed by atoms with E-state index in [-0.39, 0.29) is 11.7 Å². The second-order valence-corrected chi connectivity index (χ2v) is 6.89. The highest BCUT2D eigenvalue weighted by molar-refractivity contribution is 5.98. The van der Waals surface area contributed by atoms with Gasteiger partial charge in [0.25, 0.3) is 0 Å². The van der Waals surface area contributed by atoms with Gasteiger partial charge in [-0.05, 0) is 37.1 Å². The topological polar surface area (TPSA) is 53.3 Å². The van der Waals surface area contributed by atoms with Crippen LogP contribution >= 0.6 is 0 Å². The molecule has 0 aliphatic heterocycles. The largest absolute Gasteiger partial charge is 0.497 e. The Labute approximate surface area is 158 Å². The van der Waals surface area contributed by atoms with E-state index in [4.69, 9.17) is 9.47 Å². The number of methoxy groups -OCH3 is 2. The van der Waals surface area contributed by atoms with E-state index < -0.39 is 0 Å². The molecule has 4 rings (SSSR count). The predicted molar refractivity (Wildman–Crippen MR) is 103 cm³/mol. The molecule has 0 radical (unpaired) electrons. The Morgan fingerprint density at radius 2 is 1.81 bits per heavy atom. The lowest BCUT2D eigenvalue weighted by molar-refractivity contribution is 0.0963. The molecule has 1 aliphatic rings. The maximum Gasteiger partial charge on any atom is 0.166 e. The number of benzene rings is 2. The van der Waals surface area contributed by atoms with Gasteiger partial charge in [-0.2, -0.15) is 5.10 Å². The van der Waals surface area contributed by atoms with Gasteiger partial charge >= 0.3 is 0 Å². The molecule has 0 saturated heterocycles. The molecule has 0 spiro atoms. The number of ether oxygens (including phenoxy) is 2. The fourth-order valence-electron chi connectivity index (χ4n) is 3.73. The Morgan fingerprint density at radius 3 is 2.52 bits per heavy atom. The van der Waals surface area contributed by atoms with Crippen molar-refractivity contribution in [3.05, 3.63) is 71.0 Å². The lowest BCUT2D eigenvalue weighted by Crippen LogP contribution is -2.20. The molecule has 5 heteroatoms. The molecule has 3 aromatic rings. The zero-order valence-electron chi connectivity index (χ0n) is 15.7. The first kappa shape index (κ1) is 17.3. The van der Waals surface area contributed by atoms with Crippen LogP contribution in [-0.4, -0.2) is 29.8 Å². The maximum absolute atomic E-state index is 12.8. The van der Waals surface area contributed by atoms with Crippen LogP contribution in [0.15, 0.2) is 48.7 Å². The average molecular weight is 362 g/mol. The van der Waals surface area contributed by atoms with Crippen molar-refractivity contribution in [3.8, 4) is 17.2 Å². The number of carbonyl (C=O) groups excluding carboxylic acids is 1. The number of aryl methyl sites for hydroxylation is 1. The summed E-state index contributed by atoms with van der Waals surface area (Å²) in [7, 11) is 3.27. The number of nitrogens with zero attached hydrogens (tertiary/aromatic N) is 2. The van der Waals surface area contributed by atoms with Crippen molar-refractivity contribution < 1.29 is 14.3 Å². The Morgan fingerprint density at radius 1 is 1.04 bits per heavy atom. The molecular weight excluding hydrogens is 340 g/mol. The minimum absolute atomic E-state index is 0.0479. The van der Waals surface area contributed by atoms with Gasteiger partial charge in [-0.25, -0.2) is 4.68 Å².